The first-order valence-corrected chi connectivity index (χ1v) is 6.77. The van der Waals surface area contributed by atoms with Crippen molar-refractivity contribution < 1.29 is 18.0 Å². The summed E-state index contributed by atoms with van der Waals surface area (Å²) >= 11 is 1.26. The number of halogens is 3. The molecule has 0 radical (unpaired) electrons. The van der Waals surface area contributed by atoms with Crippen LogP contribution >= 0.6 is 11.3 Å². The van der Waals surface area contributed by atoms with Gasteiger partial charge in [0.05, 0.1) is 16.9 Å². The Bertz CT molecular complexity index is 647. The Labute approximate surface area is 123 Å². The maximum atomic E-state index is 12.8. The number of hydrogen-bond donors (Lipinski definition) is 2. The summed E-state index contributed by atoms with van der Waals surface area (Å²) in [4.78, 5) is 16.8. The maximum absolute atomic E-state index is 12.8. The minimum Gasteiger partial charge on any atom is -0.307 e. The summed E-state index contributed by atoms with van der Waals surface area (Å²) in [6.45, 7) is 3.63. The lowest BCUT2D eigenvalue weighted by molar-refractivity contribution is -0.136. The van der Waals surface area contributed by atoms with Crippen molar-refractivity contribution in [2.24, 2.45) is 0 Å². The van der Waals surface area contributed by atoms with Gasteiger partial charge >= 0.3 is 12.2 Å². The molecule has 0 spiro atoms. The highest BCUT2D eigenvalue weighted by molar-refractivity contribution is 7.15. The van der Waals surface area contributed by atoms with Crippen LogP contribution in [0, 0.1) is 13.8 Å². The summed E-state index contributed by atoms with van der Waals surface area (Å²) < 4.78 is 38.4. The first-order chi connectivity index (χ1) is 9.77. The van der Waals surface area contributed by atoms with Gasteiger partial charge in [-0.15, -0.1) is 11.3 Å². The van der Waals surface area contributed by atoms with Gasteiger partial charge in [-0.05, 0) is 26.0 Å². The lowest BCUT2D eigenvalue weighted by Gasteiger charge is -2.13. The molecule has 1 aromatic heterocycles. The zero-order valence-electron chi connectivity index (χ0n) is 11.2. The van der Waals surface area contributed by atoms with Crippen LogP contribution in [0.5, 0.6) is 0 Å². The van der Waals surface area contributed by atoms with E-state index in [1.807, 2.05) is 6.92 Å². The number of hydrogen-bond acceptors (Lipinski definition) is 3. The number of para-hydroxylation sites is 1. The van der Waals surface area contributed by atoms with Crippen molar-refractivity contribution in [3.05, 3.63) is 40.4 Å². The molecule has 0 saturated heterocycles. The van der Waals surface area contributed by atoms with E-state index in [1.165, 1.54) is 29.5 Å². The third-order valence-electron chi connectivity index (χ3n) is 2.73. The fourth-order valence-electron chi connectivity index (χ4n) is 1.62. The van der Waals surface area contributed by atoms with Crippen molar-refractivity contribution in [1.82, 2.24) is 4.98 Å². The second-order valence-electron chi connectivity index (χ2n) is 4.28. The maximum Gasteiger partial charge on any atom is 0.418 e. The van der Waals surface area contributed by atoms with Crippen LogP contribution in [0.4, 0.5) is 28.8 Å². The average molecular weight is 315 g/mol. The predicted octanol–water partition coefficient (Wildman–Crippen LogP) is 4.42. The molecule has 4 nitrogen and oxygen atoms in total. The number of thiazole rings is 1. The van der Waals surface area contributed by atoms with Crippen molar-refractivity contribution in [3.8, 4) is 0 Å². The van der Waals surface area contributed by atoms with Crippen molar-refractivity contribution in [3.63, 3.8) is 0 Å². The van der Waals surface area contributed by atoms with Gasteiger partial charge in [0.2, 0.25) is 0 Å². The summed E-state index contributed by atoms with van der Waals surface area (Å²) in [5, 5.41) is 4.95. The molecular formula is C13H12F3N3OS. The lowest BCUT2D eigenvalue weighted by Crippen LogP contribution is -2.21. The van der Waals surface area contributed by atoms with Gasteiger partial charge in [0.25, 0.3) is 0 Å². The number of nitrogens with zero attached hydrogens (tertiary/aromatic N) is 1. The second kappa shape index (κ2) is 5.72. The lowest BCUT2D eigenvalue weighted by atomic mass is 10.1. The largest absolute Gasteiger partial charge is 0.418 e. The number of nitrogens with one attached hydrogen (secondary N) is 2. The van der Waals surface area contributed by atoms with Crippen LogP contribution in [0.1, 0.15) is 16.1 Å². The quantitative estimate of drug-likeness (QED) is 0.862. The standard InChI is InChI=1S/C13H12F3N3OS/c1-7-8(2)21-12(17-7)19-11(20)18-10-6-4-3-5-9(10)13(14,15)16/h3-6H,1-2H3,(H2,17,18,19,20). The van der Waals surface area contributed by atoms with Crippen molar-refractivity contribution in [2.45, 2.75) is 20.0 Å². The summed E-state index contributed by atoms with van der Waals surface area (Å²) in [5.41, 5.74) is -0.426. The van der Waals surface area contributed by atoms with Crippen LogP contribution in [0.25, 0.3) is 0 Å². The SMILES string of the molecule is Cc1nc(NC(=O)Nc2ccccc2C(F)(F)F)sc1C. The van der Waals surface area contributed by atoms with Crippen molar-refractivity contribution in [2.75, 3.05) is 10.6 Å². The summed E-state index contributed by atoms with van der Waals surface area (Å²) in [6, 6.07) is 4.02. The van der Waals surface area contributed by atoms with Gasteiger partial charge in [-0.2, -0.15) is 13.2 Å². The normalized spacial score (nSPS) is 11.3. The molecule has 2 amide bonds. The number of anilines is 2. The number of carbonyl (C=O) groups is 1. The predicted molar refractivity (Wildman–Crippen MR) is 75.7 cm³/mol. The molecule has 0 aliphatic carbocycles. The Kier molecular flexibility index (Phi) is 4.17. The van der Waals surface area contributed by atoms with Gasteiger partial charge in [-0.3, -0.25) is 5.32 Å². The van der Waals surface area contributed by atoms with E-state index in [0.29, 0.717) is 5.13 Å². The molecule has 0 unspecified atom stereocenters. The first-order valence-electron chi connectivity index (χ1n) is 5.95. The first kappa shape index (κ1) is 15.3. The molecular weight excluding hydrogens is 303 g/mol. The van der Waals surface area contributed by atoms with Gasteiger partial charge in [0.15, 0.2) is 5.13 Å². The Morgan fingerprint density at radius 1 is 1.19 bits per heavy atom. The minimum absolute atomic E-state index is 0.299. The molecule has 2 aromatic rings. The Morgan fingerprint density at radius 2 is 1.86 bits per heavy atom. The van der Waals surface area contributed by atoms with E-state index in [2.05, 4.69) is 15.6 Å². The van der Waals surface area contributed by atoms with Gasteiger partial charge in [0, 0.05) is 4.88 Å². The van der Waals surface area contributed by atoms with Gasteiger partial charge in [0.1, 0.15) is 0 Å². The molecule has 0 bridgehead atoms. The van der Waals surface area contributed by atoms with Crippen LogP contribution in [-0.2, 0) is 6.18 Å². The number of urea groups is 1. The monoisotopic (exact) mass is 315 g/mol. The molecule has 1 heterocycles. The van der Waals surface area contributed by atoms with E-state index in [-0.39, 0.29) is 5.69 Å². The van der Waals surface area contributed by atoms with E-state index in [4.69, 9.17) is 0 Å². The Balaban J connectivity index is 2.13. The molecule has 2 rings (SSSR count). The number of rotatable bonds is 2. The fraction of sp³-hybridized carbons (Fsp3) is 0.231. The van der Waals surface area contributed by atoms with Crippen LogP contribution < -0.4 is 10.6 Å². The third-order valence-corrected chi connectivity index (χ3v) is 3.72. The van der Waals surface area contributed by atoms with Crippen molar-refractivity contribution in [1.29, 1.82) is 0 Å². The zero-order chi connectivity index (χ0) is 15.6. The Hall–Kier alpha value is -2.09. The highest BCUT2D eigenvalue weighted by Gasteiger charge is 2.33. The molecule has 112 valence electrons. The molecule has 0 saturated carbocycles. The van der Waals surface area contributed by atoms with E-state index < -0.39 is 17.8 Å². The van der Waals surface area contributed by atoms with Gasteiger partial charge in [-0.25, -0.2) is 9.78 Å². The number of amides is 2. The second-order valence-corrected chi connectivity index (χ2v) is 5.49. The molecule has 0 aliphatic rings. The average Bonchev–Trinajstić information content (AvgIpc) is 2.67. The van der Waals surface area contributed by atoms with Crippen LogP contribution in [-0.4, -0.2) is 11.0 Å². The Morgan fingerprint density at radius 3 is 2.43 bits per heavy atom. The molecule has 0 aliphatic heterocycles. The van der Waals surface area contributed by atoms with E-state index >= 15 is 0 Å². The summed E-state index contributed by atoms with van der Waals surface area (Å²) in [5.74, 6) is 0. The third kappa shape index (κ3) is 3.72. The number of aryl methyl sites for hydroxylation is 2. The smallest absolute Gasteiger partial charge is 0.307 e. The van der Waals surface area contributed by atoms with E-state index in [0.717, 1.165) is 16.6 Å². The number of alkyl halides is 3. The van der Waals surface area contributed by atoms with Gasteiger partial charge < -0.3 is 5.32 Å². The molecule has 21 heavy (non-hydrogen) atoms. The van der Waals surface area contributed by atoms with Crippen LogP contribution in [0.15, 0.2) is 24.3 Å². The number of aromatic nitrogens is 1. The molecule has 2 N–H and O–H groups in total. The van der Waals surface area contributed by atoms with E-state index in [9.17, 15) is 18.0 Å². The zero-order valence-corrected chi connectivity index (χ0v) is 12.0. The summed E-state index contributed by atoms with van der Waals surface area (Å²) in [6.07, 6.45) is -4.53. The molecule has 8 heteroatoms. The van der Waals surface area contributed by atoms with Gasteiger partial charge in [-0.1, -0.05) is 12.1 Å². The van der Waals surface area contributed by atoms with Crippen molar-refractivity contribution >= 4 is 28.2 Å². The number of benzene rings is 1. The minimum atomic E-state index is -4.53. The number of carbonyl (C=O) groups excluding carboxylic acids is 1. The highest BCUT2D eigenvalue weighted by Crippen LogP contribution is 2.34. The van der Waals surface area contributed by atoms with E-state index in [1.54, 1.807) is 6.92 Å². The van der Waals surface area contributed by atoms with Crippen LogP contribution in [0.3, 0.4) is 0 Å². The highest BCUT2D eigenvalue weighted by atomic mass is 32.1. The summed E-state index contributed by atoms with van der Waals surface area (Å²) in [7, 11) is 0. The van der Waals surface area contributed by atoms with Crippen LogP contribution in [0.2, 0.25) is 0 Å². The molecule has 0 fully saturated rings. The molecule has 0 atom stereocenters. The fourth-order valence-corrected chi connectivity index (χ4v) is 2.43. The topological polar surface area (TPSA) is 54.0 Å². The molecule has 1 aromatic carbocycles.